The average molecular weight is 374 g/mol. The van der Waals surface area contributed by atoms with Crippen molar-refractivity contribution in [3.05, 3.63) is 59.7 Å². The van der Waals surface area contributed by atoms with E-state index in [1.165, 1.54) is 37.1 Å². The molecule has 3 rings (SSSR count). The van der Waals surface area contributed by atoms with Crippen LogP contribution in [0.5, 0.6) is 0 Å². The van der Waals surface area contributed by atoms with Gasteiger partial charge in [0.05, 0.1) is 0 Å². The molecule has 0 bridgehead atoms. The van der Waals surface area contributed by atoms with Crippen LogP contribution in [0.3, 0.4) is 0 Å². The topological polar surface area (TPSA) is 49.0 Å². The summed E-state index contributed by atoms with van der Waals surface area (Å²) in [5, 5.41) is 4.59. The van der Waals surface area contributed by atoms with Crippen LogP contribution >= 0.6 is 0 Å². The van der Waals surface area contributed by atoms with Gasteiger partial charge < -0.3 is 15.5 Å². The maximum absolute atomic E-state index is 13.8. The number of amides is 1. The highest BCUT2D eigenvalue weighted by Crippen LogP contribution is 2.21. The van der Waals surface area contributed by atoms with Crippen molar-refractivity contribution in [3.8, 4) is 0 Å². The summed E-state index contributed by atoms with van der Waals surface area (Å²) in [6, 6.07) is 11.1. The first-order valence-corrected chi connectivity index (χ1v) is 9.46. The summed E-state index contributed by atoms with van der Waals surface area (Å²) in [5.41, 5.74) is 2.31. The molecular formula is C21H26F2N3O+. The van der Waals surface area contributed by atoms with Crippen molar-refractivity contribution in [2.24, 2.45) is 0 Å². The number of anilines is 2. The second-order valence-corrected chi connectivity index (χ2v) is 7.04. The van der Waals surface area contributed by atoms with E-state index in [2.05, 4.69) is 10.2 Å². The molecule has 0 spiro atoms. The molecule has 0 aromatic heterocycles. The van der Waals surface area contributed by atoms with Gasteiger partial charge in [0, 0.05) is 36.1 Å². The van der Waals surface area contributed by atoms with E-state index in [1.54, 1.807) is 12.2 Å². The highest BCUT2D eigenvalue weighted by molar-refractivity contribution is 5.91. The molecule has 0 unspecified atom stereocenters. The van der Waals surface area contributed by atoms with Gasteiger partial charge in [0.1, 0.15) is 17.7 Å². The van der Waals surface area contributed by atoms with Gasteiger partial charge in [0.15, 0.2) is 6.54 Å². The molecule has 27 heavy (non-hydrogen) atoms. The molecule has 0 radical (unpaired) electrons. The first-order chi connectivity index (χ1) is 13.0. The van der Waals surface area contributed by atoms with Gasteiger partial charge >= 0.3 is 0 Å². The molecule has 144 valence electrons. The average Bonchev–Trinajstić information content (AvgIpc) is 2.67. The number of hydrogen-bond donors (Lipinski definition) is 2. The molecule has 3 N–H and O–H groups in total. The number of carbonyl (C=O) groups is 1. The van der Waals surface area contributed by atoms with Crippen LogP contribution in [0.2, 0.25) is 0 Å². The van der Waals surface area contributed by atoms with Crippen molar-refractivity contribution in [1.82, 2.24) is 0 Å². The predicted molar refractivity (Wildman–Crippen MR) is 103 cm³/mol. The highest BCUT2D eigenvalue weighted by Gasteiger charge is 2.16. The molecule has 1 fully saturated rings. The largest absolute Gasteiger partial charge is 0.372 e. The van der Waals surface area contributed by atoms with E-state index in [4.69, 9.17) is 0 Å². The van der Waals surface area contributed by atoms with Crippen LogP contribution in [0.4, 0.5) is 20.2 Å². The third-order valence-electron chi connectivity index (χ3n) is 4.98. The third kappa shape index (κ3) is 5.26. The summed E-state index contributed by atoms with van der Waals surface area (Å²) in [5.74, 6) is -1.35. The second kappa shape index (κ2) is 8.95. The number of benzene rings is 2. The molecule has 1 saturated heterocycles. The monoisotopic (exact) mass is 374 g/mol. The number of nitrogens with zero attached hydrogens (tertiary/aromatic N) is 1. The lowest BCUT2D eigenvalue weighted by Gasteiger charge is -2.28. The molecule has 2 aromatic rings. The van der Waals surface area contributed by atoms with Gasteiger partial charge in [-0.2, -0.15) is 0 Å². The zero-order valence-electron chi connectivity index (χ0n) is 15.6. The summed E-state index contributed by atoms with van der Waals surface area (Å²) in [6.07, 6.45) is 3.74. The number of nitrogens with two attached hydrogens (primary N) is 1. The van der Waals surface area contributed by atoms with Crippen LogP contribution in [-0.4, -0.2) is 25.5 Å². The molecule has 0 aliphatic carbocycles. The number of halogens is 2. The van der Waals surface area contributed by atoms with Crippen LogP contribution in [0.15, 0.2) is 42.5 Å². The Hall–Kier alpha value is -2.47. The van der Waals surface area contributed by atoms with E-state index in [1.807, 2.05) is 24.3 Å². The Morgan fingerprint density at radius 2 is 1.81 bits per heavy atom. The maximum atomic E-state index is 13.8. The van der Waals surface area contributed by atoms with Crippen molar-refractivity contribution in [1.29, 1.82) is 0 Å². The van der Waals surface area contributed by atoms with Crippen molar-refractivity contribution < 1.29 is 18.9 Å². The van der Waals surface area contributed by atoms with Crippen molar-refractivity contribution in [3.63, 3.8) is 0 Å². The standard InChI is InChI=1S/C21H25F2N3O/c1-15(19-10-5-16(22)13-20(19)23)24-14-21(27)25-17-6-8-18(9-7-17)26-11-3-2-4-12-26/h5-10,13,15,24H,2-4,11-12,14H2,1H3,(H,25,27)/p+1/t15-/m1/s1. The Kier molecular flexibility index (Phi) is 6.40. The van der Waals surface area contributed by atoms with Crippen molar-refractivity contribution >= 4 is 17.3 Å². The van der Waals surface area contributed by atoms with Gasteiger partial charge in [0.2, 0.25) is 0 Å². The third-order valence-corrected chi connectivity index (χ3v) is 4.98. The van der Waals surface area contributed by atoms with Gasteiger partial charge in [-0.25, -0.2) is 8.78 Å². The number of nitrogens with one attached hydrogen (secondary N) is 1. The number of carbonyl (C=O) groups excluding carboxylic acids is 1. The molecule has 1 heterocycles. The Bertz CT molecular complexity index is 773. The fraction of sp³-hybridized carbons (Fsp3) is 0.381. The molecule has 1 amide bonds. The first-order valence-electron chi connectivity index (χ1n) is 9.46. The minimum atomic E-state index is -0.603. The summed E-state index contributed by atoms with van der Waals surface area (Å²) in [7, 11) is 0. The van der Waals surface area contributed by atoms with Gasteiger partial charge in [-0.05, 0) is 62.6 Å². The highest BCUT2D eigenvalue weighted by atomic mass is 19.1. The molecule has 0 saturated carbocycles. The Morgan fingerprint density at radius 3 is 2.48 bits per heavy atom. The maximum Gasteiger partial charge on any atom is 0.279 e. The summed E-state index contributed by atoms with van der Waals surface area (Å²) in [4.78, 5) is 14.5. The van der Waals surface area contributed by atoms with Gasteiger partial charge in [-0.3, -0.25) is 4.79 Å². The number of piperidine rings is 1. The summed E-state index contributed by atoms with van der Waals surface area (Å²) < 4.78 is 26.8. The van der Waals surface area contributed by atoms with Crippen LogP contribution in [-0.2, 0) is 4.79 Å². The molecule has 1 aliphatic rings. The van der Waals surface area contributed by atoms with Crippen LogP contribution < -0.4 is 15.5 Å². The van der Waals surface area contributed by atoms with Crippen LogP contribution in [0, 0.1) is 11.6 Å². The number of quaternary nitrogens is 1. The van der Waals surface area contributed by atoms with Crippen LogP contribution in [0.25, 0.3) is 0 Å². The first kappa shape index (κ1) is 19.3. The Balaban J connectivity index is 1.50. The fourth-order valence-electron chi connectivity index (χ4n) is 3.40. The van der Waals surface area contributed by atoms with E-state index in [0.717, 1.165) is 24.8 Å². The normalized spacial score (nSPS) is 15.4. The summed E-state index contributed by atoms with van der Waals surface area (Å²) in [6.45, 7) is 4.11. The zero-order valence-corrected chi connectivity index (χ0v) is 15.6. The van der Waals surface area contributed by atoms with E-state index in [9.17, 15) is 13.6 Å². The fourth-order valence-corrected chi connectivity index (χ4v) is 3.40. The molecule has 2 aromatic carbocycles. The van der Waals surface area contributed by atoms with Gasteiger partial charge in [-0.1, -0.05) is 0 Å². The smallest absolute Gasteiger partial charge is 0.279 e. The number of rotatable bonds is 6. The molecule has 4 nitrogen and oxygen atoms in total. The van der Waals surface area contributed by atoms with Gasteiger partial charge in [0.25, 0.3) is 5.91 Å². The van der Waals surface area contributed by atoms with E-state index < -0.39 is 11.6 Å². The predicted octanol–water partition coefficient (Wildman–Crippen LogP) is 3.22. The zero-order chi connectivity index (χ0) is 19.2. The van der Waals surface area contributed by atoms with Crippen LogP contribution in [0.1, 0.15) is 37.8 Å². The van der Waals surface area contributed by atoms with Gasteiger partial charge in [-0.15, -0.1) is 0 Å². The lowest BCUT2D eigenvalue weighted by Crippen LogP contribution is -2.86. The molecule has 6 heteroatoms. The lowest BCUT2D eigenvalue weighted by molar-refractivity contribution is -0.682. The second-order valence-electron chi connectivity index (χ2n) is 7.04. The molecule has 1 atom stereocenters. The minimum absolute atomic E-state index is 0.157. The number of hydrogen-bond acceptors (Lipinski definition) is 2. The Morgan fingerprint density at radius 1 is 1.11 bits per heavy atom. The van der Waals surface area contributed by atoms with Crippen molar-refractivity contribution in [2.45, 2.75) is 32.2 Å². The quantitative estimate of drug-likeness (QED) is 0.816. The van der Waals surface area contributed by atoms with E-state index >= 15 is 0 Å². The molecule has 1 aliphatic heterocycles. The lowest BCUT2D eigenvalue weighted by atomic mass is 10.1. The van der Waals surface area contributed by atoms with E-state index in [0.29, 0.717) is 5.56 Å². The Labute approximate surface area is 158 Å². The van der Waals surface area contributed by atoms with E-state index in [-0.39, 0.29) is 18.5 Å². The minimum Gasteiger partial charge on any atom is -0.372 e. The van der Waals surface area contributed by atoms with Crippen molar-refractivity contribution in [2.75, 3.05) is 29.9 Å². The SMILES string of the molecule is C[C@@H]([NH2+]CC(=O)Nc1ccc(N2CCCCC2)cc1)c1ccc(F)cc1F. The summed E-state index contributed by atoms with van der Waals surface area (Å²) >= 11 is 0. The molecular weight excluding hydrogens is 348 g/mol.